The molecular weight excluding hydrogens is 305 g/mol. The largest absolute Gasteiger partial charge is 0.409 e. The molecule has 3 N–H and O–H groups in total. The van der Waals surface area contributed by atoms with Crippen LogP contribution < -0.4 is 5.73 Å². The lowest BCUT2D eigenvalue weighted by Crippen LogP contribution is -2.13. The van der Waals surface area contributed by atoms with Crippen LogP contribution in [0.3, 0.4) is 0 Å². The van der Waals surface area contributed by atoms with Crippen LogP contribution in [-0.2, 0) is 0 Å². The molecule has 0 saturated heterocycles. The van der Waals surface area contributed by atoms with Crippen molar-refractivity contribution in [2.45, 2.75) is 9.92 Å². The summed E-state index contributed by atoms with van der Waals surface area (Å²) in [6, 6.07) is 8.71. The molecule has 98 valence electrons. The van der Waals surface area contributed by atoms with Crippen molar-refractivity contribution in [1.82, 2.24) is 4.98 Å². The van der Waals surface area contributed by atoms with E-state index in [2.05, 4.69) is 10.1 Å². The first-order chi connectivity index (χ1) is 9.10. The van der Waals surface area contributed by atoms with Gasteiger partial charge in [-0.3, -0.25) is 0 Å². The lowest BCUT2D eigenvalue weighted by Gasteiger charge is -2.04. The molecule has 0 radical (unpaired) electrons. The van der Waals surface area contributed by atoms with Crippen molar-refractivity contribution >= 4 is 40.8 Å². The maximum Gasteiger partial charge on any atom is 0.170 e. The highest BCUT2D eigenvalue weighted by molar-refractivity contribution is 7.99. The number of rotatable bonds is 3. The summed E-state index contributed by atoms with van der Waals surface area (Å²) in [7, 11) is 0. The number of nitrogens with zero attached hydrogens (tertiary/aromatic N) is 2. The van der Waals surface area contributed by atoms with E-state index in [1.807, 2.05) is 6.07 Å². The molecule has 4 nitrogen and oxygen atoms in total. The van der Waals surface area contributed by atoms with Gasteiger partial charge in [0.15, 0.2) is 5.84 Å². The molecule has 1 aromatic heterocycles. The number of oxime groups is 1. The van der Waals surface area contributed by atoms with Gasteiger partial charge in [-0.15, -0.1) is 0 Å². The highest BCUT2D eigenvalue weighted by atomic mass is 35.5. The number of aromatic nitrogens is 1. The fourth-order valence-electron chi connectivity index (χ4n) is 1.34. The predicted octanol–water partition coefficient (Wildman–Crippen LogP) is 3.63. The van der Waals surface area contributed by atoms with Crippen LogP contribution in [-0.4, -0.2) is 16.0 Å². The topological polar surface area (TPSA) is 71.5 Å². The molecule has 1 heterocycles. The van der Waals surface area contributed by atoms with E-state index in [9.17, 15) is 0 Å². The summed E-state index contributed by atoms with van der Waals surface area (Å²) in [6.07, 6.45) is 1.59. The minimum atomic E-state index is 0.0402. The highest BCUT2D eigenvalue weighted by Gasteiger charge is 2.05. The van der Waals surface area contributed by atoms with E-state index in [-0.39, 0.29) is 5.84 Å². The van der Waals surface area contributed by atoms with Gasteiger partial charge in [-0.25, -0.2) is 4.98 Å². The van der Waals surface area contributed by atoms with Gasteiger partial charge in [0.2, 0.25) is 0 Å². The quantitative estimate of drug-likeness (QED) is 0.393. The van der Waals surface area contributed by atoms with Crippen molar-refractivity contribution in [3.63, 3.8) is 0 Å². The average molecular weight is 314 g/mol. The second-order valence-electron chi connectivity index (χ2n) is 3.55. The van der Waals surface area contributed by atoms with Gasteiger partial charge >= 0.3 is 0 Å². The number of halogens is 2. The fourth-order valence-corrected chi connectivity index (χ4v) is 2.56. The Hall–Kier alpha value is -1.43. The minimum absolute atomic E-state index is 0.0402. The van der Waals surface area contributed by atoms with E-state index in [1.54, 1.807) is 30.5 Å². The van der Waals surface area contributed by atoms with E-state index < -0.39 is 0 Å². The molecular formula is C12H9Cl2N3OS. The molecule has 0 bridgehead atoms. The van der Waals surface area contributed by atoms with Crippen LogP contribution in [0.15, 0.2) is 51.6 Å². The molecule has 0 amide bonds. The van der Waals surface area contributed by atoms with Crippen molar-refractivity contribution < 1.29 is 5.21 Å². The predicted molar refractivity (Wildman–Crippen MR) is 77.3 cm³/mol. The van der Waals surface area contributed by atoms with Crippen LogP contribution in [0, 0.1) is 0 Å². The smallest absolute Gasteiger partial charge is 0.170 e. The van der Waals surface area contributed by atoms with Gasteiger partial charge in [0.1, 0.15) is 5.03 Å². The van der Waals surface area contributed by atoms with Crippen LogP contribution in [0.5, 0.6) is 0 Å². The first kappa shape index (κ1) is 14.0. The summed E-state index contributed by atoms with van der Waals surface area (Å²) < 4.78 is 0. The van der Waals surface area contributed by atoms with Gasteiger partial charge in [-0.2, -0.15) is 0 Å². The maximum absolute atomic E-state index is 8.64. The molecule has 0 aliphatic carbocycles. The van der Waals surface area contributed by atoms with E-state index >= 15 is 0 Å². The Balaban J connectivity index is 2.26. The number of hydrogen-bond acceptors (Lipinski definition) is 4. The summed E-state index contributed by atoms with van der Waals surface area (Å²) in [5.41, 5.74) is 6.12. The standard InChI is InChI=1S/C12H9Cl2N3OS/c13-9-2-1-8(6-10(9)14)19-11-5-7(3-4-16-11)12(15)17-18/h1-6,18H,(H2,15,17). The average Bonchev–Trinajstić information content (AvgIpc) is 2.42. The number of pyridine rings is 1. The zero-order chi connectivity index (χ0) is 13.8. The Bertz CT molecular complexity index is 634. The maximum atomic E-state index is 8.64. The molecule has 2 aromatic rings. The lowest BCUT2D eigenvalue weighted by atomic mass is 10.2. The normalized spacial score (nSPS) is 11.6. The molecule has 0 aliphatic rings. The van der Waals surface area contributed by atoms with E-state index in [0.29, 0.717) is 20.6 Å². The first-order valence-corrected chi connectivity index (χ1v) is 6.74. The van der Waals surface area contributed by atoms with Crippen LogP contribution in [0.25, 0.3) is 0 Å². The second-order valence-corrected chi connectivity index (χ2v) is 5.45. The van der Waals surface area contributed by atoms with Crippen molar-refractivity contribution in [3.8, 4) is 0 Å². The molecule has 0 spiro atoms. The van der Waals surface area contributed by atoms with Gasteiger partial charge < -0.3 is 10.9 Å². The van der Waals surface area contributed by atoms with Gasteiger partial charge in [0, 0.05) is 16.7 Å². The third-order valence-corrected chi connectivity index (χ3v) is 3.91. The summed E-state index contributed by atoms with van der Waals surface area (Å²) >= 11 is 13.2. The Morgan fingerprint density at radius 1 is 1.21 bits per heavy atom. The molecule has 1 aromatic carbocycles. The Labute approximate surface area is 124 Å². The van der Waals surface area contributed by atoms with Crippen LogP contribution in [0.2, 0.25) is 10.0 Å². The Morgan fingerprint density at radius 3 is 2.68 bits per heavy atom. The third kappa shape index (κ3) is 3.53. The molecule has 19 heavy (non-hydrogen) atoms. The molecule has 0 saturated carbocycles. The first-order valence-electron chi connectivity index (χ1n) is 5.17. The minimum Gasteiger partial charge on any atom is -0.409 e. The lowest BCUT2D eigenvalue weighted by molar-refractivity contribution is 0.318. The van der Waals surface area contributed by atoms with Gasteiger partial charge in [0.05, 0.1) is 10.0 Å². The second kappa shape index (κ2) is 6.14. The third-order valence-electron chi connectivity index (χ3n) is 2.25. The number of hydrogen-bond donors (Lipinski definition) is 2. The molecule has 7 heteroatoms. The number of benzene rings is 1. The SMILES string of the molecule is NC(=NO)c1ccnc(Sc2ccc(Cl)c(Cl)c2)c1. The van der Waals surface area contributed by atoms with Crippen molar-refractivity contribution in [1.29, 1.82) is 0 Å². The van der Waals surface area contributed by atoms with Crippen LogP contribution in [0.4, 0.5) is 0 Å². The summed E-state index contributed by atoms with van der Waals surface area (Å²) in [6.45, 7) is 0. The van der Waals surface area contributed by atoms with Crippen molar-refractivity contribution in [3.05, 3.63) is 52.1 Å². The van der Waals surface area contributed by atoms with E-state index in [4.69, 9.17) is 34.1 Å². The van der Waals surface area contributed by atoms with Crippen molar-refractivity contribution in [2.24, 2.45) is 10.9 Å². The Morgan fingerprint density at radius 2 is 2.00 bits per heavy atom. The van der Waals surface area contributed by atoms with Crippen LogP contribution in [0.1, 0.15) is 5.56 Å². The Kier molecular flexibility index (Phi) is 4.52. The number of nitrogens with two attached hydrogens (primary N) is 1. The molecule has 0 fully saturated rings. The highest BCUT2D eigenvalue weighted by Crippen LogP contribution is 2.31. The zero-order valence-electron chi connectivity index (χ0n) is 9.55. The summed E-state index contributed by atoms with van der Waals surface area (Å²) in [5.74, 6) is 0.0402. The van der Waals surface area contributed by atoms with E-state index in [1.165, 1.54) is 11.8 Å². The molecule has 0 aliphatic heterocycles. The molecule has 2 rings (SSSR count). The van der Waals surface area contributed by atoms with Gasteiger partial charge in [-0.05, 0) is 30.3 Å². The molecule has 0 atom stereocenters. The zero-order valence-corrected chi connectivity index (χ0v) is 11.9. The fraction of sp³-hybridized carbons (Fsp3) is 0. The summed E-state index contributed by atoms with van der Waals surface area (Å²) in [4.78, 5) is 5.10. The summed E-state index contributed by atoms with van der Waals surface area (Å²) in [5, 5.41) is 13.3. The van der Waals surface area contributed by atoms with Crippen LogP contribution >= 0.6 is 35.0 Å². The monoisotopic (exact) mass is 313 g/mol. The number of amidine groups is 1. The van der Waals surface area contributed by atoms with Gasteiger partial charge in [-0.1, -0.05) is 40.1 Å². The van der Waals surface area contributed by atoms with Gasteiger partial charge in [0.25, 0.3) is 0 Å². The van der Waals surface area contributed by atoms with Crippen molar-refractivity contribution in [2.75, 3.05) is 0 Å². The molecule has 0 unspecified atom stereocenters. The van der Waals surface area contributed by atoms with E-state index in [0.717, 1.165) is 4.90 Å².